The molecule has 0 saturated carbocycles. The average molecular weight is 460 g/mol. The summed E-state index contributed by atoms with van der Waals surface area (Å²) in [5.41, 5.74) is 3.28. The number of carbonyl (C=O) groups is 1. The molecule has 2 aromatic carbocycles. The summed E-state index contributed by atoms with van der Waals surface area (Å²) in [4.78, 5) is 23.9. The first-order valence-electron chi connectivity index (χ1n) is 11.0. The van der Waals surface area contributed by atoms with E-state index in [9.17, 15) is 9.90 Å². The van der Waals surface area contributed by atoms with Gasteiger partial charge in [0.2, 0.25) is 0 Å². The van der Waals surface area contributed by atoms with Crippen molar-refractivity contribution < 1.29 is 14.6 Å². The Hall–Kier alpha value is -4.09. The summed E-state index contributed by atoms with van der Waals surface area (Å²) in [7, 11) is 0. The van der Waals surface area contributed by atoms with Crippen molar-refractivity contribution in [3.63, 3.8) is 0 Å². The first-order valence-corrected chi connectivity index (χ1v) is 11.0. The van der Waals surface area contributed by atoms with Gasteiger partial charge in [0.25, 0.3) is 0 Å². The molecule has 1 aliphatic rings. The topological polar surface area (TPSA) is 130 Å². The lowest BCUT2D eigenvalue weighted by atomic mass is 10.2. The van der Waals surface area contributed by atoms with Crippen LogP contribution in [0.4, 0.5) is 22.0 Å². The fourth-order valence-electron chi connectivity index (χ4n) is 3.73. The maximum absolute atomic E-state index is 12.3. The second kappa shape index (κ2) is 9.81. The molecular formula is C23H24N8O3. The van der Waals surface area contributed by atoms with Gasteiger partial charge in [0.1, 0.15) is 0 Å². The lowest BCUT2D eigenvalue weighted by Gasteiger charge is -2.28. The number of aliphatic hydroxyl groups excluding tert-OH is 1. The second-order valence-electron chi connectivity index (χ2n) is 7.70. The van der Waals surface area contributed by atoms with Crippen molar-refractivity contribution in [2.24, 2.45) is 0 Å². The van der Waals surface area contributed by atoms with Crippen LogP contribution in [0, 0.1) is 0 Å². The van der Waals surface area contributed by atoms with Crippen molar-refractivity contribution in [1.29, 1.82) is 0 Å². The highest BCUT2D eigenvalue weighted by molar-refractivity contribution is 5.99. The smallest absolute Gasteiger partial charge is 0.323 e. The number of hydrogen-bond donors (Lipinski definition) is 3. The molecule has 4 aromatic rings. The van der Waals surface area contributed by atoms with Crippen molar-refractivity contribution in [2.45, 2.75) is 6.54 Å². The highest BCUT2D eigenvalue weighted by Gasteiger charge is 2.22. The number of amides is 2. The second-order valence-corrected chi connectivity index (χ2v) is 7.70. The summed E-state index contributed by atoms with van der Waals surface area (Å²) in [6.07, 6.45) is 0. The van der Waals surface area contributed by atoms with Gasteiger partial charge in [0, 0.05) is 30.0 Å². The number of nitrogens with zero attached hydrogens (tertiary/aromatic N) is 6. The molecule has 0 bridgehead atoms. The molecular weight excluding hydrogens is 436 g/mol. The standard InChI is InChI=1S/C23H24N8O3/c32-13-10-31-22-19(28-29-31)21(30-11-14-34-15-12-30)26-20(27-22)16-6-8-18(9-7-16)25-23(33)24-17-4-2-1-3-5-17/h1-9,32H,10-15H2,(H2,24,25,33). The van der Waals surface area contributed by atoms with Gasteiger partial charge >= 0.3 is 6.03 Å². The van der Waals surface area contributed by atoms with Gasteiger partial charge < -0.3 is 25.4 Å². The van der Waals surface area contributed by atoms with Gasteiger partial charge in [-0.3, -0.25) is 0 Å². The van der Waals surface area contributed by atoms with Gasteiger partial charge in [-0.2, -0.15) is 0 Å². The Labute approximate surface area is 195 Å². The fraction of sp³-hybridized carbons (Fsp3) is 0.261. The predicted octanol–water partition coefficient (Wildman–Crippen LogP) is 2.36. The molecule has 11 nitrogen and oxygen atoms in total. The molecule has 2 amide bonds. The Morgan fingerprint density at radius 2 is 1.68 bits per heavy atom. The largest absolute Gasteiger partial charge is 0.394 e. The SMILES string of the molecule is O=C(Nc1ccccc1)Nc1ccc(-c2nc(N3CCOCC3)c3nnn(CCO)c3n2)cc1. The van der Waals surface area contributed by atoms with Crippen LogP contribution in [0.2, 0.25) is 0 Å². The van der Waals surface area contributed by atoms with Crippen LogP contribution in [0.25, 0.3) is 22.6 Å². The van der Waals surface area contributed by atoms with E-state index in [4.69, 9.17) is 9.72 Å². The number of para-hydroxylation sites is 1. The summed E-state index contributed by atoms with van der Waals surface area (Å²) in [5.74, 6) is 1.20. The Morgan fingerprint density at radius 1 is 0.971 bits per heavy atom. The molecule has 1 saturated heterocycles. The number of nitrogens with one attached hydrogen (secondary N) is 2. The van der Waals surface area contributed by atoms with Crippen molar-refractivity contribution >= 4 is 34.4 Å². The summed E-state index contributed by atoms with van der Waals surface area (Å²) in [6.45, 7) is 2.81. The maximum Gasteiger partial charge on any atom is 0.323 e. The number of fused-ring (bicyclic) bond motifs is 1. The van der Waals surface area contributed by atoms with Crippen molar-refractivity contribution in [1.82, 2.24) is 25.0 Å². The minimum absolute atomic E-state index is 0.0733. The molecule has 0 unspecified atom stereocenters. The minimum Gasteiger partial charge on any atom is -0.394 e. The molecule has 174 valence electrons. The summed E-state index contributed by atoms with van der Waals surface area (Å²) in [6, 6.07) is 16.2. The zero-order valence-corrected chi connectivity index (χ0v) is 18.4. The molecule has 11 heteroatoms. The normalized spacial score (nSPS) is 13.7. The zero-order chi connectivity index (χ0) is 23.3. The van der Waals surface area contributed by atoms with E-state index in [0.717, 1.165) is 5.56 Å². The van der Waals surface area contributed by atoms with E-state index >= 15 is 0 Å². The van der Waals surface area contributed by atoms with Crippen LogP contribution in [0.15, 0.2) is 54.6 Å². The van der Waals surface area contributed by atoms with E-state index in [1.807, 2.05) is 42.5 Å². The van der Waals surface area contributed by atoms with Gasteiger partial charge in [-0.15, -0.1) is 5.10 Å². The monoisotopic (exact) mass is 460 g/mol. The summed E-state index contributed by atoms with van der Waals surface area (Å²) in [5, 5.41) is 23.4. The molecule has 0 radical (unpaired) electrons. The first kappa shape index (κ1) is 21.7. The van der Waals surface area contributed by atoms with Crippen molar-refractivity contribution in [2.75, 3.05) is 48.4 Å². The summed E-state index contributed by atoms with van der Waals surface area (Å²) < 4.78 is 7.05. The number of ether oxygens (including phenoxy) is 1. The Morgan fingerprint density at radius 3 is 2.38 bits per heavy atom. The van der Waals surface area contributed by atoms with Crippen molar-refractivity contribution in [3.05, 3.63) is 54.6 Å². The first-order chi connectivity index (χ1) is 16.7. The Balaban J connectivity index is 1.41. The third-order valence-corrected chi connectivity index (χ3v) is 5.40. The molecule has 0 spiro atoms. The van der Waals surface area contributed by atoms with Crippen LogP contribution in [-0.2, 0) is 11.3 Å². The zero-order valence-electron chi connectivity index (χ0n) is 18.4. The van der Waals surface area contributed by atoms with E-state index < -0.39 is 0 Å². The van der Waals surface area contributed by atoms with E-state index in [1.165, 1.54) is 0 Å². The van der Waals surface area contributed by atoms with Crippen LogP contribution < -0.4 is 15.5 Å². The molecule has 3 N–H and O–H groups in total. The molecule has 5 rings (SSSR count). The van der Waals surface area contributed by atoms with Gasteiger partial charge in [0.15, 0.2) is 22.8 Å². The lowest BCUT2D eigenvalue weighted by molar-refractivity contribution is 0.122. The molecule has 1 fully saturated rings. The summed E-state index contributed by atoms with van der Waals surface area (Å²) >= 11 is 0. The maximum atomic E-state index is 12.3. The highest BCUT2D eigenvalue weighted by atomic mass is 16.5. The van der Waals surface area contributed by atoms with E-state index in [2.05, 4.69) is 30.8 Å². The third kappa shape index (κ3) is 4.65. The highest BCUT2D eigenvalue weighted by Crippen LogP contribution is 2.27. The number of aromatic nitrogens is 5. The average Bonchev–Trinajstić information content (AvgIpc) is 3.28. The third-order valence-electron chi connectivity index (χ3n) is 5.40. The lowest BCUT2D eigenvalue weighted by Crippen LogP contribution is -2.37. The van der Waals surface area contributed by atoms with E-state index in [1.54, 1.807) is 16.8 Å². The van der Waals surface area contributed by atoms with Crippen molar-refractivity contribution in [3.8, 4) is 11.4 Å². The van der Waals surface area contributed by atoms with Crippen LogP contribution in [-0.4, -0.2) is 69.0 Å². The van der Waals surface area contributed by atoms with E-state index in [0.29, 0.717) is 60.5 Å². The number of benzene rings is 2. The Bertz CT molecular complexity index is 1270. The molecule has 0 aliphatic carbocycles. The fourth-order valence-corrected chi connectivity index (χ4v) is 3.73. The molecule has 1 aliphatic heterocycles. The number of aliphatic hydroxyl groups is 1. The predicted molar refractivity (Wildman–Crippen MR) is 128 cm³/mol. The van der Waals surface area contributed by atoms with E-state index in [-0.39, 0.29) is 19.2 Å². The van der Waals surface area contributed by atoms with Crippen LogP contribution in [0.3, 0.4) is 0 Å². The molecule has 3 heterocycles. The van der Waals surface area contributed by atoms with Crippen LogP contribution in [0.1, 0.15) is 0 Å². The molecule has 34 heavy (non-hydrogen) atoms. The van der Waals surface area contributed by atoms with Gasteiger partial charge in [-0.05, 0) is 36.4 Å². The minimum atomic E-state index is -0.329. The molecule has 0 atom stereocenters. The molecule has 2 aromatic heterocycles. The number of urea groups is 1. The van der Waals surface area contributed by atoms with Crippen LogP contribution in [0.5, 0.6) is 0 Å². The number of rotatable bonds is 6. The Kier molecular flexibility index (Phi) is 6.27. The quantitative estimate of drug-likeness (QED) is 0.400. The number of hydrogen-bond acceptors (Lipinski definition) is 8. The number of carbonyl (C=O) groups excluding carboxylic acids is 1. The number of anilines is 3. The number of morpholine rings is 1. The van der Waals surface area contributed by atoms with Gasteiger partial charge in [-0.25, -0.2) is 19.4 Å². The van der Waals surface area contributed by atoms with Gasteiger partial charge in [-0.1, -0.05) is 23.4 Å². The van der Waals surface area contributed by atoms with Crippen LogP contribution >= 0.6 is 0 Å². The van der Waals surface area contributed by atoms with Gasteiger partial charge in [0.05, 0.1) is 26.4 Å².